The number of hydrogen-bond acceptors (Lipinski definition) is 4. The first kappa shape index (κ1) is 17.5. The first-order valence-corrected chi connectivity index (χ1v) is 5.81. The second-order valence-corrected chi connectivity index (χ2v) is 4.04. The molecule has 0 heterocycles. The van der Waals surface area contributed by atoms with Gasteiger partial charge in [-0.15, -0.1) is 12.4 Å². The van der Waals surface area contributed by atoms with Crippen LogP contribution in [-0.4, -0.2) is 26.7 Å². The number of carbonyl (C=O) groups is 1. The van der Waals surface area contributed by atoms with Crippen molar-refractivity contribution in [3.63, 3.8) is 0 Å². The monoisotopic (exact) mass is 288 g/mol. The summed E-state index contributed by atoms with van der Waals surface area (Å²) in [5.41, 5.74) is 6.38. The van der Waals surface area contributed by atoms with E-state index in [1.807, 2.05) is 18.2 Å². The number of nitrogens with one attached hydrogen (secondary N) is 1. The van der Waals surface area contributed by atoms with Gasteiger partial charge in [0.2, 0.25) is 5.91 Å². The Bertz CT molecular complexity index is 413. The number of ether oxygens (including phenoxy) is 2. The summed E-state index contributed by atoms with van der Waals surface area (Å²) in [4.78, 5) is 11.6. The van der Waals surface area contributed by atoms with E-state index in [1.54, 1.807) is 21.1 Å². The van der Waals surface area contributed by atoms with Crippen molar-refractivity contribution in [1.29, 1.82) is 0 Å². The average Bonchev–Trinajstić information content (AvgIpc) is 2.43. The fourth-order valence-electron chi connectivity index (χ4n) is 1.46. The molecular formula is C13H21ClN2O3. The summed E-state index contributed by atoms with van der Waals surface area (Å²) < 4.78 is 10.3. The van der Waals surface area contributed by atoms with Crippen LogP contribution < -0.4 is 20.5 Å². The van der Waals surface area contributed by atoms with Crippen LogP contribution in [0.25, 0.3) is 0 Å². The summed E-state index contributed by atoms with van der Waals surface area (Å²) in [5.74, 6) is 1.09. The van der Waals surface area contributed by atoms with Gasteiger partial charge in [0.25, 0.3) is 0 Å². The highest BCUT2D eigenvalue weighted by Crippen LogP contribution is 2.27. The van der Waals surface area contributed by atoms with Crippen LogP contribution in [0.2, 0.25) is 0 Å². The lowest BCUT2D eigenvalue weighted by Crippen LogP contribution is -2.32. The van der Waals surface area contributed by atoms with Crippen molar-refractivity contribution in [3.8, 4) is 11.5 Å². The molecule has 0 saturated carbocycles. The van der Waals surface area contributed by atoms with E-state index in [0.29, 0.717) is 24.6 Å². The predicted octanol–water partition coefficient (Wildman–Crippen LogP) is 1.34. The van der Waals surface area contributed by atoms with E-state index in [0.717, 1.165) is 5.56 Å². The Morgan fingerprint density at radius 1 is 1.32 bits per heavy atom. The number of carbonyl (C=O) groups excluding carboxylic acids is 1. The SMILES string of the molecule is COc1ccc(CNC(=O)C(C)CN)cc1OC.Cl. The molecule has 0 aliphatic rings. The van der Waals surface area contributed by atoms with Crippen LogP contribution in [0.3, 0.4) is 0 Å². The van der Waals surface area contributed by atoms with E-state index in [2.05, 4.69) is 5.32 Å². The second kappa shape index (κ2) is 8.61. The van der Waals surface area contributed by atoms with Gasteiger partial charge in [-0.05, 0) is 17.7 Å². The molecule has 0 radical (unpaired) electrons. The van der Waals surface area contributed by atoms with Gasteiger partial charge in [-0.1, -0.05) is 13.0 Å². The normalized spacial score (nSPS) is 11.2. The molecule has 108 valence electrons. The lowest BCUT2D eigenvalue weighted by atomic mass is 10.1. The smallest absolute Gasteiger partial charge is 0.224 e. The van der Waals surface area contributed by atoms with Gasteiger partial charge >= 0.3 is 0 Å². The minimum atomic E-state index is -0.176. The number of benzene rings is 1. The quantitative estimate of drug-likeness (QED) is 0.828. The van der Waals surface area contributed by atoms with Crippen molar-refractivity contribution in [1.82, 2.24) is 5.32 Å². The van der Waals surface area contributed by atoms with Crippen LogP contribution >= 0.6 is 12.4 Å². The van der Waals surface area contributed by atoms with Crippen molar-refractivity contribution in [2.45, 2.75) is 13.5 Å². The maximum atomic E-state index is 11.6. The van der Waals surface area contributed by atoms with Crippen molar-refractivity contribution < 1.29 is 14.3 Å². The third-order valence-corrected chi connectivity index (χ3v) is 2.72. The lowest BCUT2D eigenvalue weighted by Gasteiger charge is -2.12. The first-order chi connectivity index (χ1) is 8.62. The zero-order valence-corrected chi connectivity index (χ0v) is 12.3. The number of nitrogens with two attached hydrogens (primary N) is 1. The highest BCUT2D eigenvalue weighted by atomic mass is 35.5. The topological polar surface area (TPSA) is 73.6 Å². The molecule has 0 aliphatic carbocycles. The minimum Gasteiger partial charge on any atom is -0.493 e. The molecule has 1 atom stereocenters. The highest BCUT2D eigenvalue weighted by molar-refractivity contribution is 5.85. The molecule has 0 spiro atoms. The summed E-state index contributed by atoms with van der Waals surface area (Å²) in [5, 5.41) is 2.82. The van der Waals surface area contributed by atoms with Crippen LogP contribution in [0.15, 0.2) is 18.2 Å². The van der Waals surface area contributed by atoms with Gasteiger partial charge in [-0.25, -0.2) is 0 Å². The maximum Gasteiger partial charge on any atom is 0.224 e. The summed E-state index contributed by atoms with van der Waals surface area (Å²) in [7, 11) is 3.17. The highest BCUT2D eigenvalue weighted by Gasteiger charge is 2.10. The Morgan fingerprint density at radius 2 is 1.95 bits per heavy atom. The minimum absolute atomic E-state index is 0. The molecular weight excluding hydrogens is 268 g/mol. The molecule has 1 aromatic carbocycles. The van der Waals surface area contributed by atoms with Crippen molar-refractivity contribution >= 4 is 18.3 Å². The molecule has 1 rings (SSSR count). The Morgan fingerprint density at radius 3 is 2.47 bits per heavy atom. The molecule has 1 amide bonds. The number of halogens is 1. The van der Waals surface area contributed by atoms with Crippen molar-refractivity contribution in [2.24, 2.45) is 11.7 Å². The number of amides is 1. The van der Waals surface area contributed by atoms with Gasteiger partial charge in [0.1, 0.15) is 0 Å². The van der Waals surface area contributed by atoms with Crippen molar-refractivity contribution in [2.75, 3.05) is 20.8 Å². The van der Waals surface area contributed by atoms with Gasteiger partial charge < -0.3 is 20.5 Å². The lowest BCUT2D eigenvalue weighted by molar-refractivity contribution is -0.124. The molecule has 5 nitrogen and oxygen atoms in total. The molecule has 0 saturated heterocycles. The fraction of sp³-hybridized carbons (Fsp3) is 0.462. The Hall–Kier alpha value is -1.46. The summed E-state index contributed by atoms with van der Waals surface area (Å²) in [6, 6.07) is 5.54. The second-order valence-electron chi connectivity index (χ2n) is 4.04. The Kier molecular flexibility index (Phi) is 7.95. The molecule has 0 fully saturated rings. The van der Waals surface area contributed by atoms with Crippen LogP contribution in [0.1, 0.15) is 12.5 Å². The van der Waals surface area contributed by atoms with Crippen molar-refractivity contribution in [3.05, 3.63) is 23.8 Å². The molecule has 19 heavy (non-hydrogen) atoms. The fourth-order valence-corrected chi connectivity index (χ4v) is 1.46. The maximum absolute atomic E-state index is 11.6. The van der Waals surface area contributed by atoms with E-state index in [9.17, 15) is 4.79 Å². The van der Waals surface area contributed by atoms with Crippen LogP contribution in [-0.2, 0) is 11.3 Å². The molecule has 1 unspecified atom stereocenters. The van der Waals surface area contributed by atoms with E-state index in [-0.39, 0.29) is 24.2 Å². The average molecular weight is 289 g/mol. The van der Waals surface area contributed by atoms with E-state index < -0.39 is 0 Å². The molecule has 6 heteroatoms. The molecule has 0 bridgehead atoms. The standard InChI is InChI=1S/C13H20N2O3.ClH/c1-9(7-14)13(16)15-8-10-4-5-11(17-2)12(6-10)18-3;/h4-6,9H,7-8,14H2,1-3H3,(H,15,16);1H. The Labute approximate surface area is 119 Å². The molecule has 3 N–H and O–H groups in total. The van der Waals surface area contributed by atoms with E-state index in [4.69, 9.17) is 15.2 Å². The third kappa shape index (κ3) is 4.96. The van der Waals surface area contributed by atoms with Gasteiger partial charge in [-0.2, -0.15) is 0 Å². The van der Waals surface area contributed by atoms with Gasteiger partial charge in [0, 0.05) is 19.0 Å². The molecule has 0 aromatic heterocycles. The van der Waals surface area contributed by atoms with Crippen LogP contribution in [0.4, 0.5) is 0 Å². The molecule has 1 aromatic rings. The van der Waals surface area contributed by atoms with E-state index >= 15 is 0 Å². The summed E-state index contributed by atoms with van der Waals surface area (Å²) >= 11 is 0. The zero-order valence-electron chi connectivity index (χ0n) is 11.4. The number of rotatable bonds is 6. The number of methoxy groups -OCH3 is 2. The summed E-state index contributed by atoms with van der Waals surface area (Å²) in [6.07, 6.45) is 0. The molecule has 0 aliphatic heterocycles. The zero-order chi connectivity index (χ0) is 13.5. The van der Waals surface area contributed by atoms with Gasteiger partial charge in [0.05, 0.1) is 14.2 Å². The largest absolute Gasteiger partial charge is 0.493 e. The van der Waals surface area contributed by atoms with Gasteiger partial charge in [0.15, 0.2) is 11.5 Å². The van der Waals surface area contributed by atoms with Crippen LogP contribution in [0.5, 0.6) is 11.5 Å². The Balaban J connectivity index is 0.00000324. The third-order valence-electron chi connectivity index (χ3n) is 2.72. The first-order valence-electron chi connectivity index (χ1n) is 5.81. The number of hydrogen-bond donors (Lipinski definition) is 2. The summed E-state index contributed by atoms with van der Waals surface area (Å²) in [6.45, 7) is 2.59. The predicted molar refractivity (Wildman–Crippen MR) is 76.9 cm³/mol. The van der Waals surface area contributed by atoms with E-state index in [1.165, 1.54) is 0 Å². The van der Waals surface area contributed by atoms with Gasteiger partial charge in [-0.3, -0.25) is 4.79 Å². The van der Waals surface area contributed by atoms with Crippen LogP contribution in [0, 0.1) is 5.92 Å².